The maximum absolute atomic E-state index is 11.8. The number of nitrogens with one attached hydrogen (secondary N) is 3. The molecule has 3 aromatic rings. The van der Waals surface area contributed by atoms with E-state index >= 15 is 0 Å². The van der Waals surface area contributed by atoms with Crippen LogP contribution >= 0.6 is 0 Å². The van der Waals surface area contributed by atoms with Crippen molar-refractivity contribution >= 4 is 23.5 Å². The number of unbranched alkanes of at least 4 members (excludes halogenated alkanes) is 1. The molecular formula is C18H22N8O2. The minimum absolute atomic E-state index is 0.0840. The summed E-state index contributed by atoms with van der Waals surface area (Å²) < 4.78 is 1.69. The van der Waals surface area contributed by atoms with E-state index < -0.39 is 0 Å². The molecule has 0 atom stereocenters. The number of hydrogen-bond acceptors (Lipinski definition) is 8. The number of rotatable bonds is 9. The Balaban J connectivity index is 1.65. The zero-order chi connectivity index (χ0) is 19.8. The van der Waals surface area contributed by atoms with Gasteiger partial charge in [-0.2, -0.15) is 5.10 Å². The first-order valence-corrected chi connectivity index (χ1v) is 8.86. The molecule has 4 N–H and O–H groups in total. The van der Waals surface area contributed by atoms with E-state index in [1.54, 1.807) is 35.4 Å². The van der Waals surface area contributed by atoms with Crippen molar-refractivity contribution < 1.29 is 9.90 Å². The number of hydrazine groups is 1. The quantitative estimate of drug-likeness (QED) is 0.324. The number of aliphatic hydroxyl groups excluding tert-OH is 1. The predicted octanol–water partition coefficient (Wildman–Crippen LogP) is 1.62. The summed E-state index contributed by atoms with van der Waals surface area (Å²) in [4.78, 5) is 24.7. The number of amides is 1. The van der Waals surface area contributed by atoms with Gasteiger partial charge < -0.3 is 10.4 Å². The topological polar surface area (TPSA) is 130 Å². The van der Waals surface area contributed by atoms with Gasteiger partial charge in [0.1, 0.15) is 11.6 Å². The van der Waals surface area contributed by atoms with Gasteiger partial charge in [-0.05, 0) is 31.0 Å². The van der Waals surface area contributed by atoms with Gasteiger partial charge in [0, 0.05) is 44.1 Å². The summed E-state index contributed by atoms with van der Waals surface area (Å²) in [7, 11) is 1.82. The van der Waals surface area contributed by atoms with Crippen molar-refractivity contribution in [1.82, 2.24) is 30.2 Å². The molecule has 0 unspecified atom stereocenters. The van der Waals surface area contributed by atoms with Crippen LogP contribution in [0.4, 0.5) is 17.6 Å². The highest BCUT2D eigenvalue weighted by molar-refractivity contribution is 5.77. The summed E-state index contributed by atoms with van der Waals surface area (Å²) in [6.07, 6.45) is 6.55. The van der Waals surface area contributed by atoms with Gasteiger partial charge in [0.05, 0.1) is 11.9 Å². The largest absolute Gasteiger partial charge is 0.396 e. The van der Waals surface area contributed by atoms with Gasteiger partial charge in [-0.25, -0.2) is 15.0 Å². The molecule has 28 heavy (non-hydrogen) atoms. The van der Waals surface area contributed by atoms with Crippen molar-refractivity contribution in [2.75, 3.05) is 17.3 Å². The maximum atomic E-state index is 11.8. The zero-order valence-corrected chi connectivity index (χ0v) is 15.5. The highest BCUT2D eigenvalue weighted by Gasteiger charge is 2.07. The van der Waals surface area contributed by atoms with Crippen LogP contribution < -0.4 is 16.2 Å². The lowest BCUT2D eigenvalue weighted by Gasteiger charge is -2.10. The minimum atomic E-state index is -0.162. The van der Waals surface area contributed by atoms with E-state index in [1.807, 2.05) is 19.2 Å². The van der Waals surface area contributed by atoms with E-state index in [-0.39, 0.29) is 12.5 Å². The van der Waals surface area contributed by atoms with Crippen LogP contribution in [0.5, 0.6) is 0 Å². The summed E-state index contributed by atoms with van der Waals surface area (Å²) in [5.41, 5.74) is 6.92. The van der Waals surface area contributed by atoms with Crippen LogP contribution in [0.2, 0.25) is 0 Å². The van der Waals surface area contributed by atoms with E-state index in [2.05, 4.69) is 36.2 Å². The molecule has 0 bridgehead atoms. The Labute approximate surface area is 162 Å². The van der Waals surface area contributed by atoms with E-state index in [9.17, 15) is 4.79 Å². The fraction of sp³-hybridized carbons (Fsp3) is 0.278. The zero-order valence-electron chi connectivity index (χ0n) is 15.5. The lowest BCUT2D eigenvalue weighted by Crippen LogP contribution is -2.29. The van der Waals surface area contributed by atoms with Gasteiger partial charge in [0.2, 0.25) is 11.9 Å². The highest BCUT2D eigenvalue weighted by atomic mass is 16.3. The molecule has 0 radical (unpaired) electrons. The van der Waals surface area contributed by atoms with E-state index in [0.717, 1.165) is 11.4 Å². The summed E-state index contributed by atoms with van der Waals surface area (Å²) in [5.74, 6) is 1.56. The SMILES string of the molecule is Cn1nccc1Nc1nccc(-c2ccnc(NNC(=O)CCCCO)c2)n1. The van der Waals surface area contributed by atoms with Gasteiger partial charge in [-0.3, -0.25) is 20.3 Å². The number of carbonyl (C=O) groups excluding carboxylic acids is 1. The maximum Gasteiger partial charge on any atom is 0.238 e. The van der Waals surface area contributed by atoms with Crippen molar-refractivity contribution in [3.63, 3.8) is 0 Å². The summed E-state index contributed by atoms with van der Waals surface area (Å²) in [6.45, 7) is 0.0840. The van der Waals surface area contributed by atoms with Crippen molar-refractivity contribution in [2.45, 2.75) is 19.3 Å². The molecule has 10 heteroatoms. The van der Waals surface area contributed by atoms with Crippen LogP contribution in [0.3, 0.4) is 0 Å². The van der Waals surface area contributed by atoms with Crippen LogP contribution in [0.25, 0.3) is 11.3 Å². The summed E-state index contributed by atoms with van der Waals surface area (Å²) >= 11 is 0. The first-order chi connectivity index (χ1) is 13.7. The van der Waals surface area contributed by atoms with Crippen LogP contribution in [0.1, 0.15) is 19.3 Å². The number of aliphatic hydroxyl groups is 1. The number of nitrogens with zero attached hydrogens (tertiary/aromatic N) is 5. The third-order valence-corrected chi connectivity index (χ3v) is 3.91. The van der Waals surface area contributed by atoms with Crippen molar-refractivity contribution in [3.05, 3.63) is 42.9 Å². The molecular weight excluding hydrogens is 360 g/mol. The first-order valence-electron chi connectivity index (χ1n) is 8.86. The van der Waals surface area contributed by atoms with Crippen LogP contribution in [0.15, 0.2) is 42.9 Å². The molecule has 0 saturated carbocycles. The molecule has 0 aromatic carbocycles. The second-order valence-electron chi connectivity index (χ2n) is 6.01. The number of carbonyl (C=O) groups is 1. The van der Waals surface area contributed by atoms with Gasteiger partial charge in [0.15, 0.2) is 0 Å². The van der Waals surface area contributed by atoms with Gasteiger partial charge >= 0.3 is 0 Å². The third-order valence-electron chi connectivity index (χ3n) is 3.91. The van der Waals surface area contributed by atoms with Gasteiger partial charge in [-0.1, -0.05) is 0 Å². The van der Waals surface area contributed by atoms with Crippen molar-refractivity contribution in [1.29, 1.82) is 0 Å². The first kappa shape index (κ1) is 19.2. The molecule has 0 spiro atoms. The second-order valence-corrected chi connectivity index (χ2v) is 6.01. The molecule has 0 saturated heterocycles. The minimum Gasteiger partial charge on any atom is -0.396 e. The highest BCUT2D eigenvalue weighted by Crippen LogP contribution is 2.20. The number of anilines is 3. The Morgan fingerprint density at radius 1 is 1.14 bits per heavy atom. The lowest BCUT2D eigenvalue weighted by atomic mass is 10.2. The van der Waals surface area contributed by atoms with Crippen LogP contribution in [0, 0.1) is 0 Å². The van der Waals surface area contributed by atoms with E-state index in [0.29, 0.717) is 36.7 Å². The summed E-state index contributed by atoms with van der Waals surface area (Å²) in [5, 5.41) is 16.0. The van der Waals surface area contributed by atoms with Crippen LogP contribution in [-0.4, -0.2) is 42.4 Å². The fourth-order valence-corrected chi connectivity index (χ4v) is 2.44. The smallest absolute Gasteiger partial charge is 0.238 e. The number of aromatic nitrogens is 5. The molecule has 3 rings (SSSR count). The molecule has 1 amide bonds. The monoisotopic (exact) mass is 382 g/mol. The molecule has 3 heterocycles. The Bertz CT molecular complexity index is 927. The Hall–Kier alpha value is -3.53. The average Bonchev–Trinajstić information content (AvgIpc) is 3.11. The van der Waals surface area contributed by atoms with Gasteiger partial charge in [0.25, 0.3) is 0 Å². The Morgan fingerprint density at radius 3 is 2.79 bits per heavy atom. The van der Waals surface area contributed by atoms with Crippen molar-refractivity contribution in [2.24, 2.45) is 7.05 Å². The van der Waals surface area contributed by atoms with Crippen LogP contribution in [-0.2, 0) is 11.8 Å². The molecule has 3 aromatic heterocycles. The van der Waals surface area contributed by atoms with Gasteiger partial charge in [-0.15, -0.1) is 0 Å². The molecule has 0 aliphatic heterocycles. The molecule has 10 nitrogen and oxygen atoms in total. The fourth-order valence-electron chi connectivity index (χ4n) is 2.44. The third kappa shape index (κ3) is 5.24. The Morgan fingerprint density at radius 2 is 2.00 bits per heavy atom. The normalized spacial score (nSPS) is 10.5. The number of pyridine rings is 1. The predicted molar refractivity (Wildman–Crippen MR) is 104 cm³/mol. The molecule has 0 fully saturated rings. The van der Waals surface area contributed by atoms with E-state index in [1.165, 1.54) is 0 Å². The number of hydrogen-bond donors (Lipinski definition) is 4. The standard InChI is InChI=1S/C18H22N8O2/c1-26-16(7-10-21-26)23-18-20-9-6-14(22-18)13-5-8-19-15(12-13)24-25-17(28)4-2-3-11-27/h5-10,12,27H,2-4,11H2,1H3,(H,19,24)(H,25,28)(H,20,22,23). The molecule has 0 aliphatic rings. The summed E-state index contributed by atoms with van der Waals surface area (Å²) in [6, 6.07) is 7.23. The lowest BCUT2D eigenvalue weighted by molar-refractivity contribution is -0.120. The van der Waals surface area contributed by atoms with Crippen molar-refractivity contribution in [3.8, 4) is 11.3 Å². The number of aryl methyl sites for hydroxylation is 1. The molecule has 146 valence electrons. The van der Waals surface area contributed by atoms with E-state index in [4.69, 9.17) is 5.11 Å². The Kier molecular flexibility index (Phi) is 6.47. The molecule has 0 aliphatic carbocycles. The second kappa shape index (κ2) is 9.42. The average molecular weight is 382 g/mol.